The molecular weight excluding hydrogens is 230 g/mol. The molecule has 5 heteroatoms. The molecule has 0 aliphatic heterocycles. The van der Waals surface area contributed by atoms with E-state index in [1.807, 2.05) is 0 Å². The Labute approximate surface area is 98.7 Å². The molecule has 1 aromatic carbocycles. The van der Waals surface area contributed by atoms with Crippen molar-refractivity contribution in [2.75, 3.05) is 6.61 Å². The summed E-state index contributed by atoms with van der Waals surface area (Å²) in [4.78, 5) is 0. The number of hydrogen-bond donors (Lipinski definition) is 2. The van der Waals surface area contributed by atoms with E-state index in [4.69, 9.17) is 5.11 Å². The summed E-state index contributed by atoms with van der Waals surface area (Å²) in [6.07, 6.45) is 0.959. The number of halogens is 2. The molecule has 0 bridgehead atoms. The van der Waals surface area contributed by atoms with Crippen molar-refractivity contribution in [3.8, 4) is 5.75 Å². The van der Waals surface area contributed by atoms with E-state index < -0.39 is 12.2 Å². The van der Waals surface area contributed by atoms with Gasteiger partial charge in [-0.1, -0.05) is 12.1 Å². The zero-order chi connectivity index (χ0) is 12.9. The number of ether oxygens (including phenoxy) is 1. The van der Waals surface area contributed by atoms with Crippen molar-refractivity contribution in [3.05, 3.63) is 29.8 Å². The first-order chi connectivity index (χ1) is 7.93. The van der Waals surface area contributed by atoms with Crippen LogP contribution in [0.1, 0.15) is 18.9 Å². The van der Waals surface area contributed by atoms with Gasteiger partial charge in [-0.3, -0.25) is 0 Å². The molecule has 3 nitrogen and oxygen atoms in total. The van der Waals surface area contributed by atoms with E-state index in [1.165, 1.54) is 12.1 Å². The smallest absolute Gasteiger partial charge is 0.387 e. The van der Waals surface area contributed by atoms with Crippen LogP contribution in [0, 0.1) is 0 Å². The van der Waals surface area contributed by atoms with Crippen LogP contribution in [0.2, 0.25) is 0 Å². The minimum absolute atomic E-state index is 0.109. The molecule has 2 N–H and O–H groups in total. The van der Waals surface area contributed by atoms with Gasteiger partial charge < -0.3 is 14.9 Å². The maximum absolute atomic E-state index is 11.9. The standard InChI is InChI=1S/C12H16F2O3/c1-12(16,8-15)7-6-9-2-4-10(5-3-9)17-11(13)14/h2-5,11,15-16H,6-8H2,1H3. The van der Waals surface area contributed by atoms with Crippen LogP contribution in [0.3, 0.4) is 0 Å². The van der Waals surface area contributed by atoms with Gasteiger partial charge in [0.15, 0.2) is 0 Å². The summed E-state index contributed by atoms with van der Waals surface area (Å²) < 4.78 is 28.0. The van der Waals surface area contributed by atoms with E-state index in [1.54, 1.807) is 19.1 Å². The first-order valence-electron chi connectivity index (χ1n) is 5.30. The summed E-state index contributed by atoms with van der Waals surface area (Å²) in [5.41, 5.74) is -0.224. The Kier molecular flexibility index (Phi) is 4.84. The molecule has 0 aromatic heterocycles. The van der Waals surface area contributed by atoms with Crippen molar-refractivity contribution in [1.82, 2.24) is 0 Å². The topological polar surface area (TPSA) is 49.7 Å². The number of rotatable bonds is 6. The number of aliphatic hydroxyl groups excluding tert-OH is 1. The van der Waals surface area contributed by atoms with Crippen LogP contribution in [0.15, 0.2) is 24.3 Å². The Morgan fingerprint density at radius 1 is 1.29 bits per heavy atom. The van der Waals surface area contributed by atoms with Crippen LogP contribution in [-0.2, 0) is 6.42 Å². The maximum atomic E-state index is 11.9. The van der Waals surface area contributed by atoms with Crippen LogP contribution in [0.4, 0.5) is 8.78 Å². The van der Waals surface area contributed by atoms with Gasteiger partial charge in [-0.25, -0.2) is 0 Å². The third-order valence-corrected chi connectivity index (χ3v) is 2.44. The summed E-state index contributed by atoms with van der Waals surface area (Å²) in [5, 5.41) is 18.4. The normalized spacial score (nSPS) is 14.7. The quantitative estimate of drug-likeness (QED) is 0.806. The van der Waals surface area contributed by atoms with Crippen LogP contribution in [-0.4, -0.2) is 29.0 Å². The highest BCUT2D eigenvalue weighted by Crippen LogP contribution is 2.18. The summed E-state index contributed by atoms with van der Waals surface area (Å²) in [6.45, 7) is -1.59. The van der Waals surface area contributed by atoms with Crippen LogP contribution >= 0.6 is 0 Å². The molecule has 1 aromatic rings. The van der Waals surface area contributed by atoms with Crippen LogP contribution < -0.4 is 4.74 Å². The molecule has 0 spiro atoms. The predicted molar refractivity (Wildman–Crippen MR) is 59.1 cm³/mol. The minimum Gasteiger partial charge on any atom is -0.435 e. The van der Waals surface area contributed by atoms with Gasteiger partial charge in [0.2, 0.25) is 0 Å². The fourth-order valence-corrected chi connectivity index (χ4v) is 1.33. The largest absolute Gasteiger partial charge is 0.435 e. The molecule has 0 aliphatic rings. The SMILES string of the molecule is CC(O)(CO)CCc1ccc(OC(F)F)cc1. The summed E-state index contributed by atoms with van der Waals surface area (Å²) in [6, 6.07) is 6.22. The Balaban J connectivity index is 2.51. The summed E-state index contributed by atoms with van der Waals surface area (Å²) >= 11 is 0. The van der Waals surface area contributed by atoms with E-state index in [-0.39, 0.29) is 12.4 Å². The zero-order valence-electron chi connectivity index (χ0n) is 9.57. The van der Waals surface area contributed by atoms with Gasteiger partial charge in [-0.2, -0.15) is 8.78 Å². The molecule has 0 saturated carbocycles. The molecule has 96 valence electrons. The molecule has 1 atom stereocenters. The molecule has 0 fully saturated rings. The average Bonchev–Trinajstić information content (AvgIpc) is 2.28. The van der Waals surface area contributed by atoms with Crippen LogP contribution in [0.5, 0.6) is 5.75 Å². The van der Waals surface area contributed by atoms with Crippen molar-refractivity contribution in [1.29, 1.82) is 0 Å². The highest BCUT2D eigenvalue weighted by molar-refractivity contribution is 5.27. The molecule has 0 radical (unpaired) electrons. The Bertz CT molecular complexity index is 336. The third kappa shape index (κ3) is 5.10. The van der Waals surface area contributed by atoms with Crippen molar-refractivity contribution < 1.29 is 23.7 Å². The highest BCUT2D eigenvalue weighted by Gasteiger charge is 2.18. The van der Waals surface area contributed by atoms with Gasteiger partial charge in [-0.15, -0.1) is 0 Å². The molecule has 0 amide bonds. The number of alkyl halides is 2. The predicted octanol–water partition coefficient (Wildman–Crippen LogP) is 1.96. The lowest BCUT2D eigenvalue weighted by molar-refractivity contribution is -0.0498. The average molecular weight is 246 g/mol. The molecule has 1 rings (SSSR count). The van der Waals surface area contributed by atoms with Crippen molar-refractivity contribution in [2.45, 2.75) is 32.0 Å². The maximum Gasteiger partial charge on any atom is 0.387 e. The van der Waals surface area contributed by atoms with E-state index in [2.05, 4.69) is 4.74 Å². The molecular formula is C12H16F2O3. The Morgan fingerprint density at radius 2 is 1.88 bits per heavy atom. The molecule has 17 heavy (non-hydrogen) atoms. The monoisotopic (exact) mass is 246 g/mol. The van der Waals surface area contributed by atoms with Crippen molar-refractivity contribution in [2.24, 2.45) is 0 Å². The van der Waals surface area contributed by atoms with Crippen molar-refractivity contribution in [3.63, 3.8) is 0 Å². The lowest BCUT2D eigenvalue weighted by atomic mass is 9.98. The lowest BCUT2D eigenvalue weighted by Crippen LogP contribution is -2.29. The third-order valence-electron chi connectivity index (χ3n) is 2.44. The number of hydrogen-bond acceptors (Lipinski definition) is 3. The minimum atomic E-state index is -2.82. The van der Waals surface area contributed by atoms with E-state index in [0.29, 0.717) is 12.8 Å². The van der Waals surface area contributed by atoms with Gasteiger partial charge in [0.1, 0.15) is 5.75 Å². The van der Waals surface area contributed by atoms with Gasteiger partial charge in [0, 0.05) is 0 Å². The number of aryl methyl sites for hydroxylation is 1. The number of benzene rings is 1. The van der Waals surface area contributed by atoms with E-state index in [0.717, 1.165) is 5.56 Å². The van der Waals surface area contributed by atoms with E-state index in [9.17, 15) is 13.9 Å². The highest BCUT2D eigenvalue weighted by atomic mass is 19.3. The van der Waals surface area contributed by atoms with Crippen molar-refractivity contribution >= 4 is 0 Å². The fraction of sp³-hybridized carbons (Fsp3) is 0.500. The van der Waals surface area contributed by atoms with Gasteiger partial charge in [0.05, 0.1) is 12.2 Å². The molecule has 0 aliphatic carbocycles. The van der Waals surface area contributed by atoms with E-state index >= 15 is 0 Å². The number of aliphatic hydroxyl groups is 2. The Hall–Kier alpha value is -1.20. The van der Waals surface area contributed by atoms with Gasteiger partial charge in [-0.05, 0) is 37.5 Å². The van der Waals surface area contributed by atoms with Crippen LogP contribution in [0.25, 0.3) is 0 Å². The zero-order valence-corrected chi connectivity index (χ0v) is 9.57. The second-order valence-electron chi connectivity index (χ2n) is 4.18. The van der Waals surface area contributed by atoms with Gasteiger partial charge >= 0.3 is 6.61 Å². The molecule has 0 heterocycles. The second kappa shape index (κ2) is 5.93. The first-order valence-corrected chi connectivity index (χ1v) is 5.30. The molecule has 0 saturated heterocycles. The second-order valence-corrected chi connectivity index (χ2v) is 4.18. The molecule has 1 unspecified atom stereocenters. The lowest BCUT2D eigenvalue weighted by Gasteiger charge is -2.19. The fourth-order valence-electron chi connectivity index (χ4n) is 1.33. The first kappa shape index (κ1) is 13.9. The van der Waals surface area contributed by atoms with Gasteiger partial charge in [0.25, 0.3) is 0 Å². The summed E-state index contributed by atoms with van der Waals surface area (Å²) in [7, 11) is 0. The summed E-state index contributed by atoms with van der Waals surface area (Å²) in [5.74, 6) is 0.109. The Morgan fingerprint density at radius 3 is 2.35 bits per heavy atom.